The number of aliphatic carboxylic acids is 1. The average Bonchev–Trinajstić information content (AvgIpc) is 3.11. The summed E-state index contributed by atoms with van der Waals surface area (Å²) in [6.07, 6.45) is 1.13. The molecule has 4 rings (SSSR count). The summed E-state index contributed by atoms with van der Waals surface area (Å²) in [5.74, 6) is -1.51. The van der Waals surface area contributed by atoms with Crippen molar-refractivity contribution < 1.29 is 24.2 Å². The van der Waals surface area contributed by atoms with Crippen molar-refractivity contribution in [2.75, 3.05) is 6.61 Å². The fourth-order valence-corrected chi connectivity index (χ4v) is 5.36. The first-order chi connectivity index (χ1) is 16.6. The van der Waals surface area contributed by atoms with Gasteiger partial charge in [0.15, 0.2) is 0 Å². The lowest BCUT2D eigenvalue weighted by atomic mass is 9.74. The molecule has 35 heavy (non-hydrogen) atoms. The van der Waals surface area contributed by atoms with Gasteiger partial charge in [-0.2, -0.15) is 0 Å². The monoisotopic (exact) mass is 478 g/mol. The Morgan fingerprint density at radius 2 is 1.57 bits per heavy atom. The fourth-order valence-electron chi connectivity index (χ4n) is 5.36. The number of hydrogen-bond donors (Lipinski definition) is 3. The molecule has 1 atom stereocenters. The number of amides is 2. The number of carboxylic acid groups (broad SMARTS) is 1. The van der Waals surface area contributed by atoms with E-state index in [1.807, 2.05) is 38.1 Å². The van der Waals surface area contributed by atoms with Crippen molar-refractivity contribution in [2.45, 2.75) is 64.5 Å². The van der Waals surface area contributed by atoms with Gasteiger partial charge in [0, 0.05) is 12.0 Å². The summed E-state index contributed by atoms with van der Waals surface area (Å²) in [7, 11) is 0. The zero-order valence-corrected chi connectivity index (χ0v) is 20.8. The van der Waals surface area contributed by atoms with Gasteiger partial charge in [0.1, 0.15) is 12.1 Å². The Balaban J connectivity index is 1.44. The van der Waals surface area contributed by atoms with E-state index in [1.165, 1.54) is 0 Å². The maximum atomic E-state index is 13.3. The molecule has 1 unspecified atom stereocenters. The van der Waals surface area contributed by atoms with Gasteiger partial charge in [0.25, 0.3) is 0 Å². The van der Waals surface area contributed by atoms with Gasteiger partial charge in [-0.1, -0.05) is 62.4 Å². The molecule has 0 radical (unpaired) electrons. The van der Waals surface area contributed by atoms with Crippen LogP contribution < -0.4 is 10.6 Å². The first kappa shape index (κ1) is 24.8. The highest BCUT2D eigenvalue weighted by Gasteiger charge is 2.49. The van der Waals surface area contributed by atoms with E-state index in [0.29, 0.717) is 12.8 Å². The first-order valence-electron chi connectivity index (χ1n) is 12.2. The van der Waals surface area contributed by atoms with Gasteiger partial charge in [0.2, 0.25) is 5.91 Å². The number of alkyl carbamates (subject to hydrolysis) is 1. The van der Waals surface area contributed by atoms with Crippen LogP contribution in [0.5, 0.6) is 0 Å². The largest absolute Gasteiger partial charge is 0.481 e. The smallest absolute Gasteiger partial charge is 0.408 e. The van der Waals surface area contributed by atoms with Crippen LogP contribution in [0.15, 0.2) is 48.5 Å². The molecule has 0 bridgehead atoms. The molecule has 0 aliphatic heterocycles. The molecule has 7 nitrogen and oxygen atoms in total. The number of nitrogens with one attached hydrogen (secondary N) is 2. The maximum absolute atomic E-state index is 13.3. The van der Waals surface area contributed by atoms with E-state index in [2.05, 4.69) is 34.9 Å². The Kier molecular flexibility index (Phi) is 6.62. The second-order valence-electron chi connectivity index (χ2n) is 10.6. The third-order valence-corrected chi connectivity index (χ3v) is 7.61. The molecular formula is C28H34N2O5. The molecule has 2 aromatic rings. The van der Waals surface area contributed by atoms with Crippen molar-refractivity contribution in [1.29, 1.82) is 0 Å². The molecular weight excluding hydrogens is 444 g/mol. The Hall–Kier alpha value is -3.35. The number of benzene rings is 2. The summed E-state index contributed by atoms with van der Waals surface area (Å²) in [6, 6.07) is 15.6. The van der Waals surface area contributed by atoms with Crippen LogP contribution in [0.3, 0.4) is 0 Å². The van der Waals surface area contributed by atoms with E-state index in [0.717, 1.165) is 28.7 Å². The van der Waals surface area contributed by atoms with Crippen LogP contribution >= 0.6 is 0 Å². The molecule has 2 aliphatic rings. The zero-order valence-electron chi connectivity index (χ0n) is 20.8. The average molecular weight is 479 g/mol. The molecule has 0 aromatic heterocycles. The van der Waals surface area contributed by atoms with E-state index >= 15 is 0 Å². The summed E-state index contributed by atoms with van der Waals surface area (Å²) in [6.45, 7) is 7.13. The second kappa shape index (κ2) is 9.36. The molecule has 2 aromatic carbocycles. The molecule has 7 heteroatoms. The van der Waals surface area contributed by atoms with Crippen molar-refractivity contribution in [3.05, 3.63) is 59.7 Å². The number of carboxylic acids is 1. The van der Waals surface area contributed by atoms with Crippen LogP contribution in [0.1, 0.15) is 64.0 Å². The van der Waals surface area contributed by atoms with Gasteiger partial charge in [-0.3, -0.25) is 9.59 Å². The normalized spacial score (nSPS) is 17.1. The lowest BCUT2D eigenvalue weighted by Crippen LogP contribution is -2.66. The Morgan fingerprint density at radius 1 is 1.03 bits per heavy atom. The second-order valence-corrected chi connectivity index (χ2v) is 10.6. The molecule has 0 saturated heterocycles. The zero-order chi connectivity index (χ0) is 25.4. The van der Waals surface area contributed by atoms with E-state index in [4.69, 9.17) is 4.74 Å². The van der Waals surface area contributed by atoms with Crippen LogP contribution in [0.4, 0.5) is 4.79 Å². The minimum Gasteiger partial charge on any atom is -0.481 e. The van der Waals surface area contributed by atoms with Crippen LogP contribution in [-0.4, -0.2) is 41.3 Å². The van der Waals surface area contributed by atoms with Crippen LogP contribution in [0, 0.1) is 11.3 Å². The predicted molar refractivity (Wildman–Crippen MR) is 133 cm³/mol. The quantitative estimate of drug-likeness (QED) is 0.510. The van der Waals surface area contributed by atoms with Crippen molar-refractivity contribution in [2.24, 2.45) is 11.3 Å². The SMILES string of the molecule is CC(C)C(NC(=O)C1(NC(=O)OCC2c3ccccc3-c3ccccc32)CCC1)C(C)(C)C(=O)O. The summed E-state index contributed by atoms with van der Waals surface area (Å²) in [4.78, 5) is 37.9. The number of hydrogen-bond acceptors (Lipinski definition) is 4. The number of fused-ring (bicyclic) bond motifs is 3. The molecule has 2 amide bonds. The van der Waals surface area contributed by atoms with E-state index in [-0.39, 0.29) is 24.3 Å². The highest BCUT2D eigenvalue weighted by Crippen LogP contribution is 2.44. The lowest BCUT2D eigenvalue weighted by Gasteiger charge is -2.43. The van der Waals surface area contributed by atoms with Crippen LogP contribution in [0.25, 0.3) is 11.1 Å². The van der Waals surface area contributed by atoms with Gasteiger partial charge >= 0.3 is 12.1 Å². The van der Waals surface area contributed by atoms with Crippen molar-refractivity contribution in [1.82, 2.24) is 10.6 Å². The third kappa shape index (κ3) is 4.51. The van der Waals surface area contributed by atoms with E-state index in [9.17, 15) is 19.5 Å². The molecule has 186 valence electrons. The third-order valence-electron chi connectivity index (χ3n) is 7.61. The van der Waals surface area contributed by atoms with Crippen LogP contribution in [0.2, 0.25) is 0 Å². The number of carbonyl (C=O) groups excluding carboxylic acids is 2. The minimum atomic E-state index is -1.15. The Bertz CT molecular complexity index is 1090. The summed E-state index contributed by atoms with van der Waals surface area (Å²) in [5, 5.41) is 15.4. The molecule has 1 fully saturated rings. The van der Waals surface area contributed by atoms with Gasteiger partial charge < -0.3 is 20.5 Å². The predicted octanol–water partition coefficient (Wildman–Crippen LogP) is 4.70. The van der Waals surface area contributed by atoms with Gasteiger partial charge in [-0.25, -0.2) is 4.79 Å². The number of rotatable bonds is 8. The molecule has 1 saturated carbocycles. The van der Waals surface area contributed by atoms with Crippen molar-refractivity contribution in [3.8, 4) is 11.1 Å². The van der Waals surface area contributed by atoms with E-state index < -0.39 is 29.1 Å². The minimum absolute atomic E-state index is 0.0685. The fraction of sp³-hybridized carbons (Fsp3) is 0.464. The first-order valence-corrected chi connectivity index (χ1v) is 12.2. The maximum Gasteiger partial charge on any atom is 0.408 e. The summed E-state index contributed by atoms with van der Waals surface area (Å²) >= 11 is 0. The molecule has 3 N–H and O–H groups in total. The number of ether oxygens (including phenoxy) is 1. The van der Waals surface area contributed by atoms with Crippen molar-refractivity contribution >= 4 is 18.0 Å². The van der Waals surface area contributed by atoms with Gasteiger partial charge in [0.05, 0.1) is 5.41 Å². The molecule has 0 spiro atoms. The van der Waals surface area contributed by atoms with Crippen molar-refractivity contribution in [3.63, 3.8) is 0 Å². The molecule has 0 heterocycles. The van der Waals surface area contributed by atoms with E-state index in [1.54, 1.807) is 13.8 Å². The summed E-state index contributed by atoms with van der Waals surface area (Å²) < 4.78 is 5.66. The summed E-state index contributed by atoms with van der Waals surface area (Å²) in [5.41, 5.74) is 2.30. The Labute approximate surface area is 206 Å². The van der Waals surface area contributed by atoms with Gasteiger partial charge in [-0.05, 0) is 61.3 Å². The Morgan fingerprint density at radius 3 is 2.03 bits per heavy atom. The number of carbonyl (C=O) groups is 3. The van der Waals surface area contributed by atoms with Gasteiger partial charge in [-0.15, -0.1) is 0 Å². The highest BCUT2D eigenvalue weighted by atomic mass is 16.5. The standard InChI is InChI=1S/C28H34N2O5/c1-17(2)23(27(3,4)25(32)33)29-24(31)28(14-9-15-28)30-26(34)35-16-22-20-12-7-5-10-18(20)19-11-6-8-13-21(19)22/h5-8,10-13,17,22-23H,9,14-16H2,1-4H3,(H,29,31)(H,30,34)(H,32,33). The highest BCUT2D eigenvalue weighted by molar-refractivity contribution is 5.91. The lowest BCUT2D eigenvalue weighted by molar-refractivity contribution is -0.150. The molecule has 2 aliphatic carbocycles. The van der Waals surface area contributed by atoms with Crippen LogP contribution in [-0.2, 0) is 14.3 Å². The topological polar surface area (TPSA) is 105 Å².